The minimum Gasteiger partial charge on any atom is -0.396 e. The number of aliphatic hydroxyl groups is 1. The molecule has 3 nitrogen and oxygen atoms in total. The van der Waals surface area contributed by atoms with E-state index in [1.807, 2.05) is 24.3 Å². The normalized spacial score (nSPS) is 10.7. The molecule has 2 aromatic carbocycles. The molecular weight excluding hydrogens is 361 g/mol. The molecule has 0 saturated heterocycles. The molecule has 0 aliphatic carbocycles. The SMILES string of the molecule is O=C(CCc1cc(F)ccc1Sc1ccc(Cl)cc1)NCCCCO. The lowest BCUT2D eigenvalue weighted by Crippen LogP contribution is -2.24. The maximum Gasteiger partial charge on any atom is 0.220 e. The number of aliphatic hydroxyl groups excluding tert-OH is 1. The highest BCUT2D eigenvalue weighted by atomic mass is 35.5. The molecule has 2 rings (SSSR count). The molecule has 0 aromatic heterocycles. The van der Waals surface area contributed by atoms with Crippen LogP contribution in [0.4, 0.5) is 4.39 Å². The average molecular weight is 382 g/mol. The minimum atomic E-state index is -0.307. The highest BCUT2D eigenvalue weighted by Crippen LogP contribution is 2.32. The molecule has 0 radical (unpaired) electrons. The van der Waals surface area contributed by atoms with E-state index in [2.05, 4.69) is 5.32 Å². The molecule has 0 bridgehead atoms. The predicted octanol–water partition coefficient (Wildman–Crippen LogP) is 4.45. The second-order valence-corrected chi connectivity index (χ2v) is 7.14. The van der Waals surface area contributed by atoms with Gasteiger partial charge in [0.1, 0.15) is 5.82 Å². The lowest BCUT2D eigenvalue weighted by Gasteiger charge is -2.10. The van der Waals surface area contributed by atoms with Gasteiger partial charge in [-0.25, -0.2) is 4.39 Å². The molecule has 0 heterocycles. The molecule has 0 aliphatic heterocycles. The van der Waals surface area contributed by atoms with Crippen molar-refractivity contribution in [2.45, 2.75) is 35.5 Å². The zero-order chi connectivity index (χ0) is 18.1. The molecule has 0 saturated carbocycles. The van der Waals surface area contributed by atoms with E-state index in [1.54, 1.807) is 6.07 Å². The number of hydrogen-bond donors (Lipinski definition) is 2. The number of carbonyl (C=O) groups is 1. The number of benzene rings is 2. The maximum absolute atomic E-state index is 13.6. The first-order chi connectivity index (χ1) is 12.1. The van der Waals surface area contributed by atoms with Gasteiger partial charge in [0, 0.05) is 34.4 Å². The summed E-state index contributed by atoms with van der Waals surface area (Å²) in [6.45, 7) is 0.680. The van der Waals surface area contributed by atoms with E-state index in [0.29, 0.717) is 30.8 Å². The Kier molecular flexibility index (Phi) is 8.25. The van der Waals surface area contributed by atoms with Crippen LogP contribution in [0.1, 0.15) is 24.8 Å². The zero-order valence-corrected chi connectivity index (χ0v) is 15.4. The second kappa shape index (κ2) is 10.4. The summed E-state index contributed by atoms with van der Waals surface area (Å²) in [5, 5.41) is 12.2. The minimum absolute atomic E-state index is 0.0651. The highest BCUT2D eigenvalue weighted by molar-refractivity contribution is 7.99. The molecule has 1 amide bonds. The third-order valence-corrected chi connectivity index (χ3v) is 4.97. The van der Waals surface area contributed by atoms with Gasteiger partial charge in [-0.2, -0.15) is 0 Å². The summed E-state index contributed by atoms with van der Waals surface area (Å²) in [7, 11) is 0. The molecule has 134 valence electrons. The Labute approximate surface area is 156 Å². The van der Waals surface area contributed by atoms with Crippen LogP contribution in [-0.2, 0) is 11.2 Å². The van der Waals surface area contributed by atoms with Gasteiger partial charge in [0.15, 0.2) is 0 Å². The van der Waals surface area contributed by atoms with E-state index >= 15 is 0 Å². The summed E-state index contributed by atoms with van der Waals surface area (Å²) in [5.41, 5.74) is 0.811. The van der Waals surface area contributed by atoms with Crippen molar-refractivity contribution < 1.29 is 14.3 Å². The first-order valence-corrected chi connectivity index (χ1v) is 9.37. The van der Waals surface area contributed by atoms with Gasteiger partial charge in [0.25, 0.3) is 0 Å². The Morgan fingerprint density at radius 2 is 1.92 bits per heavy atom. The molecule has 2 N–H and O–H groups in total. The Morgan fingerprint density at radius 1 is 1.16 bits per heavy atom. The van der Waals surface area contributed by atoms with Gasteiger partial charge in [-0.15, -0.1) is 0 Å². The van der Waals surface area contributed by atoms with Gasteiger partial charge in [-0.3, -0.25) is 4.79 Å². The van der Waals surface area contributed by atoms with Crippen molar-refractivity contribution in [2.24, 2.45) is 0 Å². The number of unbranched alkanes of at least 4 members (excludes halogenated alkanes) is 1. The van der Waals surface area contributed by atoms with Crippen molar-refractivity contribution >= 4 is 29.3 Å². The van der Waals surface area contributed by atoms with Gasteiger partial charge < -0.3 is 10.4 Å². The molecule has 0 fully saturated rings. The van der Waals surface area contributed by atoms with E-state index < -0.39 is 0 Å². The maximum atomic E-state index is 13.6. The number of amides is 1. The van der Waals surface area contributed by atoms with Crippen molar-refractivity contribution in [3.05, 3.63) is 58.9 Å². The smallest absolute Gasteiger partial charge is 0.220 e. The van der Waals surface area contributed by atoms with Crippen LogP contribution in [0.2, 0.25) is 5.02 Å². The van der Waals surface area contributed by atoms with Gasteiger partial charge in [-0.1, -0.05) is 23.4 Å². The van der Waals surface area contributed by atoms with E-state index in [-0.39, 0.29) is 18.3 Å². The fourth-order valence-corrected chi connectivity index (χ4v) is 3.35. The van der Waals surface area contributed by atoms with Crippen molar-refractivity contribution in [1.29, 1.82) is 0 Å². The predicted molar refractivity (Wildman–Crippen MR) is 99.6 cm³/mol. The molecule has 0 unspecified atom stereocenters. The van der Waals surface area contributed by atoms with Gasteiger partial charge in [0.05, 0.1) is 0 Å². The monoisotopic (exact) mass is 381 g/mol. The molecule has 6 heteroatoms. The largest absolute Gasteiger partial charge is 0.396 e. The molecule has 0 atom stereocenters. The topological polar surface area (TPSA) is 49.3 Å². The molecule has 0 spiro atoms. The number of nitrogens with one attached hydrogen (secondary N) is 1. The van der Waals surface area contributed by atoms with E-state index in [9.17, 15) is 9.18 Å². The first-order valence-electron chi connectivity index (χ1n) is 8.18. The van der Waals surface area contributed by atoms with E-state index in [1.165, 1.54) is 23.9 Å². The van der Waals surface area contributed by atoms with Crippen LogP contribution in [0.3, 0.4) is 0 Å². The van der Waals surface area contributed by atoms with E-state index in [4.69, 9.17) is 16.7 Å². The van der Waals surface area contributed by atoms with Crippen LogP contribution < -0.4 is 5.32 Å². The Bertz CT molecular complexity index is 694. The number of hydrogen-bond acceptors (Lipinski definition) is 3. The van der Waals surface area contributed by atoms with E-state index in [0.717, 1.165) is 21.8 Å². The third-order valence-electron chi connectivity index (χ3n) is 3.59. The summed E-state index contributed by atoms with van der Waals surface area (Å²) in [4.78, 5) is 13.8. The van der Waals surface area contributed by atoms with Crippen LogP contribution in [0.15, 0.2) is 52.3 Å². The highest BCUT2D eigenvalue weighted by Gasteiger charge is 2.09. The summed E-state index contributed by atoms with van der Waals surface area (Å²) in [5.74, 6) is -0.372. The molecule has 0 aliphatic rings. The Hall–Kier alpha value is -1.56. The number of rotatable bonds is 9. The van der Waals surface area contributed by atoms with Crippen LogP contribution in [0, 0.1) is 5.82 Å². The lowest BCUT2D eigenvalue weighted by atomic mass is 10.1. The number of carbonyl (C=O) groups excluding carboxylic acids is 1. The zero-order valence-electron chi connectivity index (χ0n) is 13.8. The van der Waals surface area contributed by atoms with Gasteiger partial charge in [-0.05, 0) is 67.3 Å². The molecular formula is C19H21ClFNO2S. The fraction of sp³-hybridized carbons (Fsp3) is 0.316. The summed E-state index contributed by atoms with van der Waals surface area (Å²) in [6.07, 6.45) is 2.20. The summed E-state index contributed by atoms with van der Waals surface area (Å²) in [6, 6.07) is 12.1. The average Bonchev–Trinajstić information content (AvgIpc) is 2.61. The van der Waals surface area contributed by atoms with Crippen LogP contribution in [-0.4, -0.2) is 24.2 Å². The lowest BCUT2D eigenvalue weighted by molar-refractivity contribution is -0.121. The fourth-order valence-electron chi connectivity index (χ4n) is 2.27. The summed E-state index contributed by atoms with van der Waals surface area (Å²) >= 11 is 7.42. The van der Waals surface area contributed by atoms with Crippen molar-refractivity contribution in [2.75, 3.05) is 13.2 Å². The van der Waals surface area contributed by atoms with Gasteiger partial charge in [0.2, 0.25) is 5.91 Å². The number of aryl methyl sites for hydroxylation is 1. The van der Waals surface area contributed by atoms with Crippen LogP contribution >= 0.6 is 23.4 Å². The van der Waals surface area contributed by atoms with Crippen molar-refractivity contribution in [1.82, 2.24) is 5.32 Å². The van der Waals surface area contributed by atoms with Crippen LogP contribution in [0.5, 0.6) is 0 Å². The molecule has 25 heavy (non-hydrogen) atoms. The second-order valence-electron chi connectivity index (χ2n) is 5.59. The quantitative estimate of drug-likeness (QED) is 0.631. The van der Waals surface area contributed by atoms with Crippen molar-refractivity contribution in [3.8, 4) is 0 Å². The van der Waals surface area contributed by atoms with Crippen molar-refractivity contribution in [3.63, 3.8) is 0 Å². The van der Waals surface area contributed by atoms with Gasteiger partial charge >= 0.3 is 0 Å². The third kappa shape index (κ3) is 7.06. The number of halogens is 2. The Balaban J connectivity index is 1.96. The molecule has 2 aromatic rings. The standard InChI is InChI=1S/C19H21ClFNO2S/c20-15-4-7-17(8-5-15)25-18-9-6-16(21)13-14(18)3-10-19(24)22-11-1-2-12-23/h4-9,13,23H,1-3,10-12H2,(H,22,24). The summed E-state index contributed by atoms with van der Waals surface area (Å²) < 4.78 is 13.6. The Morgan fingerprint density at radius 3 is 2.64 bits per heavy atom. The first kappa shape index (κ1) is 19.8. The van der Waals surface area contributed by atoms with Crippen LogP contribution in [0.25, 0.3) is 0 Å².